The summed E-state index contributed by atoms with van der Waals surface area (Å²) in [6.07, 6.45) is 1.50. The fourth-order valence-corrected chi connectivity index (χ4v) is 2.44. The molecule has 1 aromatic heterocycles. The summed E-state index contributed by atoms with van der Waals surface area (Å²) in [5.74, 6) is -0.467. The van der Waals surface area contributed by atoms with Crippen molar-refractivity contribution in [1.82, 2.24) is 5.43 Å². The van der Waals surface area contributed by atoms with Crippen molar-refractivity contribution in [2.75, 3.05) is 5.32 Å². The van der Waals surface area contributed by atoms with E-state index in [-0.39, 0.29) is 18.1 Å². The Hall–Kier alpha value is -2.89. The number of rotatable bonds is 5. The zero-order chi connectivity index (χ0) is 17.7. The lowest BCUT2D eigenvalue weighted by Crippen LogP contribution is -2.21. The first-order valence-corrected chi connectivity index (χ1v) is 7.61. The molecule has 1 aromatic carbocycles. The molecule has 6 heteroatoms. The quantitative estimate of drug-likeness (QED) is 0.652. The third-order valence-electron chi connectivity index (χ3n) is 3.45. The number of hydrazone groups is 1. The molecule has 0 bridgehead atoms. The van der Waals surface area contributed by atoms with E-state index >= 15 is 0 Å². The van der Waals surface area contributed by atoms with Gasteiger partial charge in [-0.3, -0.25) is 9.59 Å². The molecule has 2 rings (SSSR count). The third kappa shape index (κ3) is 4.55. The maximum Gasteiger partial charge on any atom is 0.307 e. The zero-order valence-corrected chi connectivity index (χ0v) is 14.3. The minimum Gasteiger partial charge on any atom is -0.459 e. The van der Waals surface area contributed by atoms with Crippen LogP contribution in [0.1, 0.15) is 40.6 Å². The van der Waals surface area contributed by atoms with Crippen LogP contribution < -0.4 is 10.7 Å². The lowest BCUT2D eigenvalue weighted by molar-refractivity contribution is -0.115. The Morgan fingerprint density at radius 1 is 1.17 bits per heavy atom. The molecule has 6 nitrogen and oxygen atoms in total. The summed E-state index contributed by atoms with van der Waals surface area (Å²) in [4.78, 5) is 23.9. The highest BCUT2D eigenvalue weighted by Gasteiger charge is 2.11. The second-order valence-corrected chi connectivity index (χ2v) is 5.76. The molecular weight excluding hydrogens is 306 g/mol. The number of benzene rings is 1. The van der Waals surface area contributed by atoms with Crippen molar-refractivity contribution in [3.8, 4) is 0 Å². The first-order valence-electron chi connectivity index (χ1n) is 7.61. The number of carbonyl (C=O) groups excluding carboxylic acids is 2. The minimum atomic E-state index is -0.454. The number of furan rings is 1. The van der Waals surface area contributed by atoms with Gasteiger partial charge in [-0.25, -0.2) is 5.43 Å². The SMILES string of the molecule is C/C(CC(=O)Nc1c(C)cc(C)cc1C)=N/NC(=O)c1ccco1. The van der Waals surface area contributed by atoms with E-state index in [2.05, 4.69) is 15.8 Å². The van der Waals surface area contributed by atoms with E-state index in [1.807, 2.05) is 32.9 Å². The van der Waals surface area contributed by atoms with E-state index in [1.165, 1.54) is 12.3 Å². The fraction of sp³-hybridized carbons (Fsp3) is 0.278. The van der Waals surface area contributed by atoms with Gasteiger partial charge >= 0.3 is 5.91 Å². The summed E-state index contributed by atoms with van der Waals surface area (Å²) in [7, 11) is 0. The van der Waals surface area contributed by atoms with Crippen LogP contribution in [0.25, 0.3) is 0 Å². The van der Waals surface area contributed by atoms with Gasteiger partial charge in [0.1, 0.15) is 0 Å². The van der Waals surface area contributed by atoms with E-state index in [4.69, 9.17) is 4.42 Å². The van der Waals surface area contributed by atoms with Gasteiger partial charge in [0.15, 0.2) is 5.76 Å². The fourth-order valence-electron chi connectivity index (χ4n) is 2.44. The van der Waals surface area contributed by atoms with Crippen molar-refractivity contribution in [2.45, 2.75) is 34.1 Å². The van der Waals surface area contributed by atoms with Crippen LogP contribution in [0.3, 0.4) is 0 Å². The molecular formula is C18H21N3O3. The van der Waals surface area contributed by atoms with Crippen molar-refractivity contribution >= 4 is 23.2 Å². The Bertz CT molecular complexity index is 754. The van der Waals surface area contributed by atoms with Crippen LogP contribution in [-0.4, -0.2) is 17.5 Å². The van der Waals surface area contributed by atoms with Crippen LogP contribution in [0, 0.1) is 20.8 Å². The highest BCUT2D eigenvalue weighted by molar-refractivity contribution is 6.06. The van der Waals surface area contributed by atoms with Crippen LogP contribution in [-0.2, 0) is 4.79 Å². The lowest BCUT2D eigenvalue weighted by atomic mass is 10.0. The van der Waals surface area contributed by atoms with Crippen molar-refractivity contribution in [3.05, 3.63) is 53.0 Å². The molecule has 0 unspecified atom stereocenters. The van der Waals surface area contributed by atoms with Gasteiger partial charge in [0.25, 0.3) is 0 Å². The highest BCUT2D eigenvalue weighted by atomic mass is 16.3. The number of nitrogens with zero attached hydrogens (tertiary/aromatic N) is 1. The molecule has 2 N–H and O–H groups in total. The topological polar surface area (TPSA) is 83.7 Å². The maximum absolute atomic E-state index is 12.2. The first kappa shape index (κ1) is 17.5. The second-order valence-electron chi connectivity index (χ2n) is 5.76. The zero-order valence-electron chi connectivity index (χ0n) is 14.3. The van der Waals surface area contributed by atoms with Gasteiger partial charge in [-0.1, -0.05) is 17.7 Å². The molecule has 2 aromatic rings. The molecule has 0 spiro atoms. The highest BCUT2D eigenvalue weighted by Crippen LogP contribution is 2.22. The molecule has 126 valence electrons. The summed E-state index contributed by atoms with van der Waals surface area (Å²) in [5, 5.41) is 6.82. The molecule has 0 aliphatic heterocycles. The van der Waals surface area contributed by atoms with E-state index in [1.54, 1.807) is 13.0 Å². The third-order valence-corrected chi connectivity index (χ3v) is 3.45. The molecule has 0 radical (unpaired) electrons. The monoisotopic (exact) mass is 327 g/mol. The standard InChI is InChI=1S/C18H21N3O3/c1-11-8-12(2)17(13(3)9-11)19-16(22)10-14(4)20-21-18(23)15-6-5-7-24-15/h5-9H,10H2,1-4H3,(H,19,22)(H,21,23)/b20-14-. The average molecular weight is 327 g/mol. The molecule has 0 atom stereocenters. The molecule has 0 aliphatic rings. The van der Waals surface area contributed by atoms with E-state index in [0.717, 1.165) is 22.4 Å². The molecule has 24 heavy (non-hydrogen) atoms. The number of hydrogen-bond acceptors (Lipinski definition) is 4. The van der Waals surface area contributed by atoms with E-state index in [0.29, 0.717) is 5.71 Å². The Morgan fingerprint density at radius 3 is 2.42 bits per heavy atom. The summed E-state index contributed by atoms with van der Waals surface area (Å²) in [6.45, 7) is 7.61. The molecule has 1 heterocycles. The van der Waals surface area contributed by atoms with Gasteiger partial charge in [-0.2, -0.15) is 5.10 Å². The summed E-state index contributed by atoms with van der Waals surface area (Å²) in [5.41, 5.74) is 6.86. The number of amides is 2. The first-order chi connectivity index (χ1) is 11.4. The molecule has 0 fully saturated rings. The Morgan fingerprint density at radius 2 is 1.83 bits per heavy atom. The van der Waals surface area contributed by atoms with E-state index < -0.39 is 5.91 Å². The normalized spacial score (nSPS) is 11.2. The Balaban J connectivity index is 1.94. The number of aryl methyl sites for hydroxylation is 3. The average Bonchev–Trinajstić information content (AvgIpc) is 3.03. The Labute approximate surface area is 140 Å². The smallest absolute Gasteiger partial charge is 0.307 e. The van der Waals surface area contributed by atoms with Crippen LogP contribution >= 0.6 is 0 Å². The molecule has 0 aliphatic carbocycles. The van der Waals surface area contributed by atoms with Crippen LogP contribution in [0.4, 0.5) is 5.69 Å². The van der Waals surface area contributed by atoms with Crippen molar-refractivity contribution in [3.63, 3.8) is 0 Å². The summed E-state index contributed by atoms with van der Waals surface area (Å²) >= 11 is 0. The number of carbonyl (C=O) groups is 2. The van der Waals surface area contributed by atoms with Gasteiger partial charge in [0.05, 0.1) is 12.7 Å². The van der Waals surface area contributed by atoms with Crippen LogP contribution in [0.2, 0.25) is 0 Å². The maximum atomic E-state index is 12.2. The van der Waals surface area contributed by atoms with Crippen molar-refractivity contribution < 1.29 is 14.0 Å². The molecule has 0 saturated heterocycles. The van der Waals surface area contributed by atoms with Gasteiger partial charge in [0.2, 0.25) is 5.91 Å². The van der Waals surface area contributed by atoms with Gasteiger partial charge < -0.3 is 9.73 Å². The van der Waals surface area contributed by atoms with Crippen LogP contribution in [0.15, 0.2) is 40.0 Å². The largest absolute Gasteiger partial charge is 0.459 e. The van der Waals surface area contributed by atoms with Crippen LogP contribution in [0.5, 0.6) is 0 Å². The number of anilines is 1. The van der Waals surface area contributed by atoms with Crippen molar-refractivity contribution in [1.29, 1.82) is 0 Å². The predicted octanol–water partition coefficient (Wildman–Crippen LogP) is 3.34. The molecule has 2 amide bonds. The number of hydrogen-bond donors (Lipinski definition) is 2. The molecule has 0 saturated carbocycles. The number of nitrogens with one attached hydrogen (secondary N) is 2. The van der Waals surface area contributed by atoms with Crippen molar-refractivity contribution in [2.24, 2.45) is 5.10 Å². The predicted molar refractivity (Wildman–Crippen MR) is 93.2 cm³/mol. The van der Waals surface area contributed by atoms with Gasteiger partial charge in [-0.05, 0) is 51.0 Å². The summed E-state index contributed by atoms with van der Waals surface area (Å²) < 4.78 is 4.96. The summed E-state index contributed by atoms with van der Waals surface area (Å²) in [6, 6.07) is 7.20. The second kappa shape index (κ2) is 7.59. The van der Waals surface area contributed by atoms with Gasteiger partial charge in [0, 0.05) is 11.4 Å². The lowest BCUT2D eigenvalue weighted by Gasteiger charge is -2.12. The minimum absolute atomic E-state index is 0.0885. The van der Waals surface area contributed by atoms with Gasteiger partial charge in [-0.15, -0.1) is 0 Å². The Kier molecular flexibility index (Phi) is 5.52. The van der Waals surface area contributed by atoms with E-state index in [9.17, 15) is 9.59 Å².